The average molecular weight is 401 g/mol. The molecule has 0 saturated carbocycles. The van der Waals surface area contributed by atoms with Crippen LogP contribution in [-0.4, -0.2) is 38.6 Å². The molecule has 0 radical (unpaired) electrons. The van der Waals surface area contributed by atoms with Gasteiger partial charge >= 0.3 is 0 Å². The molecule has 4 rings (SSSR count). The van der Waals surface area contributed by atoms with Crippen molar-refractivity contribution in [3.63, 3.8) is 0 Å². The normalized spacial score (nSPS) is 18.9. The van der Waals surface area contributed by atoms with Crippen molar-refractivity contribution in [1.82, 2.24) is 4.31 Å². The van der Waals surface area contributed by atoms with Crippen molar-refractivity contribution in [1.29, 1.82) is 0 Å². The molecule has 0 N–H and O–H groups in total. The average Bonchev–Trinajstić information content (AvgIpc) is 2.73. The van der Waals surface area contributed by atoms with Crippen molar-refractivity contribution < 1.29 is 13.2 Å². The monoisotopic (exact) mass is 400 g/mol. The van der Waals surface area contributed by atoms with E-state index in [1.807, 2.05) is 12.1 Å². The van der Waals surface area contributed by atoms with Crippen LogP contribution in [0.3, 0.4) is 0 Å². The summed E-state index contributed by atoms with van der Waals surface area (Å²) >= 11 is 0. The van der Waals surface area contributed by atoms with Crippen molar-refractivity contribution in [2.24, 2.45) is 0 Å². The number of fused-ring (bicyclic) bond motifs is 1. The smallest absolute Gasteiger partial charge is 0.243 e. The van der Waals surface area contributed by atoms with E-state index in [9.17, 15) is 8.42 Å². The maximum absolute atomic E-state index is 13.0. The van der Waals surface area contributed by atoms with Gasteiger partial charge in [-0.05, 0) is 49.9 Å². The van der Waals surface area contributed by atoms with Crippen LogP contribution in [0.1, 0.15) is 36.5 Å². The van der Waals surface area contributed by atoms with Crippen molar-refractivity contribution >= 4 is 15.7 Å². The highest BCUT2D eigenvalue weighted by Gasteiger charge is 2.33. The lowest BCUT2D eigenvalue weighted by molar-refractivity contribution is 0.0987. The molecule has 28 heavy (non-hydrogen) atoms. The fraction of sp³-hybridized carbons (Fsp3) is 0.455. The van der Waals surface area contributed by atoms with E-state index < -0.39 is 10.0 Å². The number of nitrogens with zero attached hydrogens (tertiary/aromatic N) is 2. The Balaban J connectivity index is 1.46. The van der Waals surface area contributed by atoms with E-state index in [1.54, 1.807) is 16.4 Å². The predicted molar refractivity (Wildman–Crippen MR) is 111 cm³/mol. The Bertz CT molecular complexity index is 933. The minimum atomic E-state index is -3.42. The molecule has 2 aliphatic rings. The number of ether oxygens (including phenoxy) is 1. The summed E-state index contributed by atoms with van der Waals surface area (Å²) in [5.74, 6) is 0. The number of rotatable bonds is 4. The fourth-order valence-electron chi connectivity index (χ4n) is 4.18. The topological polar surface area (TPSA) is 49.9 Å². The summed E-state index contributed by atoms with van der Waals surface area (Å²) < 4.78 is 33.4. The van der Waals surface area contributed by atoms with Crippen molar-refractivity contribution in [2.75, 3.05) is 24.7 Å². The first kappa shape index (κ1) is 19.4. The number of hydrogen-bond donors (Lipinski definition) is 0. The Labute approximate surface area is 168 Å². The molecule has 2 aromatic carbocycles. The molecule has 0 aliphatic carbocycles. The lowest BCUT2D eigenvalue weighted by Crippen LogP contribution is -2.48. The molecule has 1 fully saturated rings. The SMILES string of the molecule is CCc1ccc(S(=O)(=O)N2CCC(N3COCc4cc(C)ccc43)CC2)cc1. The molecule has 5 nitrogen and oxygen atoms in total. The Hall–Kier alpha value is -1.89. The largest absolute Gasteiger partial charge is 0.356 e. The van der Waals surface area contributed by atoms with Gasteiger partial charge in [-0.1, -0.05) is 36.8 Å². The summed E-state index contributed by atoms with van der Waals surface area (Å²) in [6.45, 7) is 6.47. The number of anilines is 1. The van der Waals surface area contributed by atoms with Gasteiger partial charge in [-0.15, -0.1) is 0 Å². The minimum absolute atomic E-state index is 0.302. The summed E-state index contributed by atoms with van der Waals surface area (Å²) in [4.78, 5) is 2.70. The summed E-state index contributed by atoms with van der Waals surface area (Å²) in [5, 5.41) is 0. The molecule has 2 aliphatic heterocycles. The van der Waals surface area contributed by atoms with Crippen LogP contribution in [0.25, 0.3) is 0 Å². The third-order valence-electron chi connectivity index (χ3n) is 5.87. The zero-order valence-corrected chi connectivity index (χ0v) is 17.4. The Morgan fingerprint density at radius 2 is 1.79 bits per heavy atom. The number of hydrogen-bond acceptors (Lipinski definition) is 4. The molecule has 0 atom stereocenters. The van der Waals surface area contributed by atoms with Gasteiger partial charge in [-0.25, -0.2) is 8.42 Å². The highest BCUT2D eigenvalue weighted by atomic mass is 32.2. The highest BCUT2D eigenvalue weighted by molar-refractivity contribution is 7.89. The number of aryl methyl sites for hydroxylation is 2. The van der Waals surface area contributed by atoms with E-state index in [2.05, 4.69) is 36.9 Å². The molecular formula is C22H28N2O3S. The third kappa shape index (κ3) is 3.69. The van der Waals surface area contributed by atoms with E-state index in [0.29, 0.717) is 37.4 Å². The molecule has 150 valence electrons. The van der Waals surface area contributed by atoms with Crippen LogP contribution in [-0.2, 0) is 27.8 Å². The maximum Gasteiger partial charge on any atom is 0.243 e. The molecule has 6 heteroatoms. The second kappa shape index (κ2) is 7.85. The fourth-order valence-corrected chi connectivity index (χ4v) is 5.65. The number of benzene rings is 2. The van der Waals surface area contributed by atoms with Crippen molar-refractivity contribution in [3.05, 3.63) is 59.2 Å². The lowest BCUT2D eigenvalue weighted by atomic mass is 10.0. The van der Waals surface area contributed by atoms with Gasteiger partial charge in [0.05, 0.1) is 11.5 Å². The first-order valence-electron chi connectivity index (χ1n) is 10.0. The lowest BCUT2D eigenvalue weighted by Gasteiger charge is -2.41. The van der Waals surface area contributed by atoms with E-state index in [1.165, 1.54) is 16.8 Å². The van der Waals surface area contributed by atoms with Gasteiger partial charge in [0.25, 0.3) is 0 Å². The van der Waals surface area contributed by atoms with Crippen LogP contribution in [0, 0.1) is 6.92 Å². The van der Waals surface area contributed by atoms with Crippen molar-refractivity contribution in [2.45, 2.75) is 50.7 Å². The molecule has 0 spiro atoms. The van der Waals surface area contributed by atoms with Gasteiger partial charge in [-0.2, -0.15) is 4.31 Å². The van der Waals surface area contributed by atoms with Crippen LogP contribution in [0.15, 0.2) is 47.4 Å². The second-order valence-corrected chi connectivity index (χ2v) is 9.65. The molecule has 2 heterocycles. The van der Waals surface area contributed by atoms with Gasteiger partial charge in [0.2, 0.25) is 10.0 Å². The molecule has 1 saturated heterocycles. The van der Waals surface area contributed by atoms with Gasteiger partial charge in [0.1, 0.15) is 6.73 Å². The maximum atomic E-state index is 13.0. The van der Waals surface area contributed by atoms with Gasteiger partial charge < -0.3 is 9.64 Å². The zero-order chi connectivity index (χ0) is 19.7. The summed E-state index contributed by atoms with van der Waals surface area (Å²) in [5.41, 5.74) is 4.83. The second-order valence-electron chi connectivity index (χ2n) is 7.71. The summed E-state index contributed by atoms with van der Waals surface area (Å²) in [6.07, 6.45) is 2.52. The standard InChI is InChI=1S/C22H28N2O3S/c1-3-18-5-7-21(8-6-18)28(25,26)23-12-10-20(11-13-23)24-16-27-15-19-14-17(2)4-9-22(19)24/h4-9,14,20H,3,10-13,15-16H2,1-2H3. The van der Waals surface area contributed by atoms with E-state index >= 15 is 0 Å². The van der Waals surface area contributed by atoms with E-state index in [0.717, 1.165) is 24.8 Å². The van der Waals surface area contributed by atoms with Crippen LogP contribution < -0.4 is 4.90 Å². The molecule has 0 aromatic heterocycles. The molecular weight excluding hydrogens is 372 g/mol. The third-order valence-corrected chi connectivity index (χ3v) is 7.78. The summed E-state index contributed by atoms with van der Waals surface area (Å²) in [7, 11) is -3.42. The zero-order valence-electron chi connectivity index (χ0n) is 16.6. The van der Waals surface area contributed by atoms with Gasteiger partial charge in [0.15, 0.2) is 0 Å². The van der Waals surface area contributed by atoms with Crippen LogP contribution in [0.4, 0.5) is 5.69 Å². The van der Waals surface area contributed by atoms with E-state index in [4.69, 9.17) is 4.74 Å². The number of piperidine rings is 1. The Morgan fingerprint density at radius 1 is 1.07 bits per heavy atom. The number of sulfonamides is 1. The Morgan fingerprint density at radius 3 is 2.46 bits per heavy atom. The van der Waals surface area contributed by atoms with Crippen LogP contribution in [0.5, 0.6) is 0 Å². The highest BCUT2D eigenvalue weighted by Crippen LogP contribution is 2.32. The molecule has 0 amide bonds. The first-order chi connectivity index (χ1) is 13.5. The molecule has 0 bridgehead atoms. The molecule has 0 unspecified atom stereocenters. The van der Waals surface area contributed by atoms with Crippen molar-refractivity contribution in [3.8, 4) is 0 Å². The van der Waals surface area contributed by atoms with E-state index in [-0.39, 0.29) is 0 Å². The van der Waals surface area contributed by atoms with Crippen LogP contribution >= 0.6 is 0 Å². The van der Waals surface area contributed by atoms with Crippen LogP contribution in [0.2, 0.25) is 0 Å². The predicted octanol–water partition coefficient (Wildman–Crippen LogP) is 3.70. The van der Waals surface area contributed by atoms with Gasteiger partial charge in [-0.3, -0.25) is 0 Å². The quantitative estimate of drug-likeness (QED) is 0.785. The summed E-state index contributed by atoms with van der Waals surface area (Å²) in [6, 6.07) is 14.1. The minimum Gasteiger partial charge on any atom is -0.356 e. The Kier molecular flexibility index (Phi) is 5.45. The van der Waals surface area contributed by atoms with Gasteiger partial charge in [0, 0.05) is 30.4 Å². The molecule has 2 aromatic rings. The first-order valence-corrected chi connectivity index (χ1v) is 11.5.